The van der Waals surface area contributed by atoms with Gasteiger partial charge in [-0.3, -0.25) is 0 Å². The van der Waals surface area contributed by atoms with Crippen LogP contribution in [0.2, 0.25) is 0 Å². The van der Waals surface area contributed by atoms with E-state index in [1.54, 1.807) is 0 Å². The molecule has 0 bridgehead atoms. The summed E-state index contributed by atoms with van der Waals surface area (Å²) >= 11 is 0. The maximum atomic E-state index is 12.5. The summed E-state index contributed by atoms with van der Waals surface area (Å²) < 4.78 is 79.5. The number of hydrogen-bond donors (Lipinski definition) is 2. The fraction of sp³-hybridized carbons (Fsp3) is 0.556. The summed E-state index contributed by atoms with van der Waals surface area (Å²) in [6.07, 6.45) is -15.5. The lowest BCUT2D eigenvalue weighted by molar-refractivity contribution is -0.300. The Balaban J connectivity index is 3.35. The summed E-state index contributed by atoms with van der Waals surface area (Å²) in [6.45, 7) is 1.25. The van der Waals surface area contributed by atoms with E-state index in [0.29, 0.717) is 4.68 Å². The summed E-state index contributed by atoms with van der Waals surface area (Å²) in [6, 6.07) is 0. The Labute approximate surface area is 113 Å². The van der Waals surface area contributed by atoms with Crippen LogP contribution in [0.3, 0.4) is 0 Å². The second-order valence-corrected chi connectivity index (χ2v) is 3.96. The van der Waals surface area contributed by atoms with Crippen molar-refractivity contribution in [2.45, 2.75) is 25.4 Å². The minimum atomic E-state index is -5.70. The number of aromatic nitrogens is 2. The van der Waals surface area contributed by atoms with Crippen LogP contribution in [-0.4, -0.2) is 39.3 Å². The van der Waals surface area contributed by atoms with E-state index in [0.717, 1.165) is 7.05 Å². The first-order valence-corrected chi connectivity index (χ1v) is 5.21. The van der Waals surface area contributed by atoms with Crippen molar-refractivity contribution in [1.29, 1.82) is 0 Å². The Kier molecular flexibility index (Phi) is 4.29. The monoisotopic (exact) mass is 320 g/mol. The van der Waals surface area contributed by atoms with Gasteiger partial charge in [0.25, 0.3) is 6.10 Å². The molecule has 0 spiro atoms. The first-order valence-electron chi connectivity index (χ1n) is 5.21. The number of oxime groups is 1. The van der Waals surface area contributed by atoms with Crippen LogP contribution in [0.5, 0.6) is 5.88 Å². The molecule has 1 aromatic heterocycles. The lowest BCUT2D eigenvalue weighted by atomic mass is 10.2. The molecular weight excluding hydrogens is 310 g/mol. The van der Waals surface area contributed by atoms with E-state index in [1.165, 1.54) is 6.92 Å². The molecule has 0 saturated carbocycles. The number of amidine groups is 1. The lowest BCUT2D eigenvalue weighted by Crippen LogP contribution is -2.47. The van der Waals surface area contributed by atoms with Crippen LogP contribution in [0.1, 0.15) is 11.3 Å². The Bertz CT molecular complexity index is 534. The molecule has 120 valence electrons. The normalized spacial score (nSPS) is 13.9. The third-order valence-corrected chi connectivity index (χ3v) is 2.36. The molecule has 1 rings (SSSR count). The van der Waals surface area contributed by atoms with Gasteiger partial charge in [0.2, 0.25) is 5.88 Å². The minimum Gasteiger partial charge on any atom is -0.454 e. The summed E-state index contributed by atoms with van der Waals surface area (Å²) in [5.74, 6) is -1.64. The van der Waals surface area contributed by atoms with Crippen molar-refractivity contribution in [3.8, 4) is 5.88 Å². The van der Waals surface area contributed by atoms with E-state index >= 15 is 0 Å². The number of alkyl halides is 6. The quantitative estimate of drug-likeness (QED) is 0.292. The molecule has 0 aromatic carbocycles. The van der Waals surface area contributed by atoms with E-state index in [2.05, 4.69) is 15.0 Å². The number of ether oxygens (including phenoxy) is 1. The van der Waals surface area contributed by atoms with Crippen LogP contribution >= 0.6 is 0 Å². The molecule has 0 amide bonds. The number of nitrogens with two attached hydrogens (primary N) is 1. The molecule has 0 aliphatic heterocycles. The predicted octanol–water partition coefficient (Wildman–Crippen LogP) is 1.70. The van der Waals surface area contributed by atoms with Gasteiger partial charge in [-0.15, -0.1) is 0 Å². The summed E-state index contributed by atoms with van der Waals surface area (Å²) in [4.78, 5) is 0. The minimum absolute atomic E-state index is 0.0640. The Morgan fingerprint density at radius 1 is 1.29 bits per heavy atom. The average molecular weight is 320 g/mol. The highest BCUT2D eigenvalue weighted by molar-refractivity contribution is 6.00. The molecule has 1 aromatic rings. The van der Waals surface area contributed by atoms with Gasteiger partial charge >= 0.3 is 12.4 Å². The van der Waals surface area contributed by atoms with Crippen molar-refractivity contribution in [2.75, 3.05) is 0 Å². The summed E-state index contributed by atoms with van der Waals surface area (Å²) in [5.41, 5.74) is 4.68. The topological polar surface area (TPSA) is 85.7 Å². The zero-order valence-corrected chi connectivity index (χ0v) is 10.6. The zero-order chi connectivity index (χ0) is 16.6. The van der Waals surface area contributed by atoms with Crippen molar-refractivity contribution < 1.29 is 36.3 Å². The van der Waals surface area contributed by atoms with Crippen LogP contribution in [0.15, 0.2) is 5.16 Å². The second-order valence-electron chi connectivity index (χ2n) is 3.96. The number of hydrogen-bond acceptors (Lipinski definition) is 4. The van der Waals surface area contributed by atoms with Crippen molar-refractivity contribution in [3.63, 3.8) is 0 Å². The van der Waals surface area contributed by atoms with Crippen LogP contribution < -0.4 is 10.5 Å². The Hall–Kier alpha value is -2.14. The standard InChI is InChI=1S/C9H10F6N4O2/c1-3-4(5(16)18-20)6(19(2)17-3)21-7(8(10,11)12)9(13,14)15/h7,20H,1-2H3,(H2,16,18). The van der Waals surface area contributed by atoms with Gasteiger partial charge in [-0.05, 0) is 6.92 Å². The van der Waals surface area contributed by atoms with Gasteiger partial charge in [-0.2, -0.15) is 31.4 Å². The molecule has 6 nitrogen and oxygen atoms in total. The third kappa shape index (κ3) is 3.49. The van der Waals surface area contributed by atoms with E-state index in [9.17, 15) is 26.3 Å². The van der Waals surface area contributed by atoms with E-state index in [4.69, 9.17) is 10.9 Å². The molecule has 0 unspecified atom stereocenters. The highest BCUT2D eigenvalue weighted by Crippen LogP contribution is 2.37. The summed E-state index contributed by atoms with van der Waals surface area (Å²) in [7, 11) is 1.06. The van der Waals surface area contributed by atoms with Crippen LogP contribution in [0.25, 0.3) is 0 Å². The fourth-order valence-electron chi connectivity index (χ4n) is 1.55. The molecule has 3 N–H and O–H groups in total. The van der Waals surface area contributed by atoms with Crippen LogP contribution in [-0.2, 0) is 7.05 Å². The first kappa shape index (κ1) is 16.9. The predicted molar refractivity (Wildman–Crippen MR) is 57.0 cm³/mol. The van der Waals surface area contributed by atoms with Crippen molar-refractivity contribution in [3.05, 3.63) is 11.3 Å². The first-order chi connectivity index (χ1) is 9.39. The van der Waals surface area contributed by atoms with Crippen molar-refractivity contribution >= 4 is 5.84 Å². The van der Waals surface area contributed by atoms with Gasteiger partial charge in [0, 0.05) is 7.05 Å². The van der Waals surface area contributed by atoms with Gasteiger partial charge < -0.3 is 15.7 Å². The lowest BCUT2D eigenvalue weighted by Gasteiger charge is -2.24. The molecule has 0 radical (unpaired) electrons. The van der Waals surface area contributed by atoms with Gasteiger partial charge in [0.1, 0.15) is 5.56 Å². The molecular formula is C9H10F6N4O2. The number of nitrogens with zero attached hydrogens (tertiary/aromatic N) is 3. The van der Waals surface area contributed by atoms with Crippen LogP contribution in [0.4, 0.5) is 26.3 Å². The average Bonchev–Trinajstić information content (AvgIpc) is 2.56. The fourth-order valence-corrected chi connectivity index (χ4v) is 1.55. The molecule has 0 aliphatic rings. The maximum absolute atomic E-state index is 12.5. The highest BCUT2D eigenvalue weighted by atomic mass is 19.4. The molecule has 0 fully saturated rings. The number of halogens is 6. The molecule has 21 heavy (non-hydrogen) atoms. The molecule has 0 aliphatic carbocycles. The molecule has 12 heteroatoms. The van der Waals surface area contributed by atoms with Gasteiger partial charge in [0.05, 0.1) is 5.69 Å². The van der Waals surface area contributed by atoms with Crippen LogP contribution in [0, 0.1) is 6.92 Å². The van der Waals surface area contributed by atoms with Gasteiger partial charge in [-0.1, -0.05) is 5.16 Å². The zero-order valence-electron chi connectivity index (χ0n) is 10.6. The van der Waals surface area contributed by atoms with E-state index in [1.807, 2.05) is 0 Å². The smallest absolute Gasteiger partial charge is 0.434 e. The highest BCUT2D eigenvalue weighted by Gasteiger charge is 2.59. The Morgan fingerprint density at radius 3 is 2.14 bits per heavy atom. The van der Waals surface area contributed by atoms with Crippen molar-refractivity contribution in [2.24, 2.45) is 17.9 Å². The Morgan fingerprint density at radius 2 is 1.76 bits per heavy atom. The van der Waals surface area contributed by atoms with Gasteiger partial charge in [-0.25, -0.2) is 4.68 Å². The maximum Gasteiger partial charge on any atom is 0.434 e. The second kappa shape index (κ2) is 5.33. The van der Waals surface area contributed by atoms with E-state index < -0.39 is 35.7 Å². The molecule has 0 atom stereocenters. The van der Waals surface area contributed by atoms with E-state index in [-0.39, 0.29) is 5.69 Å². The molecule has 1 heterocycles. The van der Waals surface area contributed by atoms with Crippen molar-refractivity contribution in [1.82, 2.24) is 9.78 Å². The van der Waals surface area contributed by atoms with Gasteiger partial charge in [0.15, 0.2) is 5.84 Å². The number of aryl methyl sites for hydroxylation is 2. The molecule has 0 saturated heterocycles. The SMILES string of the molecule is Cc1nn(C)c(OC(C(F)(F)F)C(F)(F)F)c1C(N)=NO. The largest absolute Gasteiger partial charge is 0.454 e. The third-order valence-electron chi connectivity index (χ3n) is 2.36. The summed E-state index contributed by atoms with van der Waals surface area (Å²) in [5, 5.41) is 14.6. The number of rotatable bonds is 3.